The molecule has 8 heteroatoms. The molecule has 1 aromatic heterocycles. The predicted molar refractivity (Wildman–Crippen MR) is 155 cm³/mol. The third kappa shape index (κ3) is 7.07. The molecule has 0 aliphatic heterocycles. The van der Waals surface area contributed by atoms with E-state index in [4.69, 9.17) is 16.6 Å². The van der Waals surface area contributed by atoms with Crippen molar-refractivity contribution in [1.29, 1.82) is 0 Å². The van der Waals surface area contributed by atoms with E-state index >= 15 is 0 Å². The maximum atomic E-state index is 12.8. The topological polar surface area (TPSA) is 96.0 Å². The summed E-state index contributed by atoms with van der Waals surface area (Å²) in [5.41, 5.74) is 4.38. The van der Waals surface area contributed by atoms with Crippen LogP contribution in [-0.2, 0) is 16.0 Å². The van der Waals surface area contributed by atoms with Gasteiger partial charge in [-0.3, -0.25) is 9.59 Å². The molecule has 2 fully saturated rings. The summed E-state index contributed by atoms with van der Waals surface area (Å²) in [7, 11) is 0. The number of allylic oxidation sites excluding steroid dienone is 2. The van der Waals surface area contributed by atoms with Gasteiger partial charge in [-0.2, -0.15) is 0 Å². The standard InChI is InChI=1S/C31H38ClN5O2/c1-2-9-28(38)33-18-21-16-26(21)30(39)35-22-12-8-13-23(17-22)36-31-34-19-27(32)29(37-31)25-15-5-3-4-10-20-11-6-7-14-24(20)25/h2,6-7,9,11,14-15,19,21-23,26H,3-5,8,10,12-13,16-18H2,1H3,(H,33,38)(H,35,39)(H,34,36,37)/b9-2+,25-15+/t21-,22+,23-,26+/m1/s1. The second-order valence-corrected chi connectivity index (χ2v) is 11.4. The number of fused-ring (bicyclic) bond motifs is 1. The Morgan fingerprint density at radius 1 is 1.10 bits per heavy atom. The molecule has 2 saturated carbocycles. The van der Waals surface area contributed by atoms with E-state index in [1.54, 1.807) is 12.3 Å². The monoisotopic (exact) mass is 547 g/mol. The van der Waals surface area contributed by atoms with Gasteiger partial charge < -0.3 is 16.0 Å². The molecule has 2 amide bonds. The molecule has 0 radical (unpaired) electrons. The average molecular weight is 548 g/mol. The van der Waals surface area contributed by atoms with E-state index in [2.05, 4.69) is 51.3 Å². The molecule has 206 valence electrons. The number of aryl methyl sites for hydroxylation is 1. The van der Waals surface area contributed by atoms with E-state index in [1.165, 1.54) is 23.6 Å². The lowest BCUT2D eigenvalue weighted by Crippen LogP contribution is -2.43. The van der Waals surface area contributed by atoms with E-state index in [0.717, 1.165) is 62.6 Å². The SMILES string of the molecule is C/C=C/C(=O)NC[C@H]1C[C@@H]1C(=O)N[C@H]1CCC[C@@H](Nc2ncc(Cl)c(/C3=C/CCCCc4ccccc43)n2)C1. The van der Waals surface area contributed by atoms with Gasteiger partial charge in [0.25, 0.3) is 0 Å². The summed E-state index contributed by atoms with van der Waals surface area (Å²) in [4.78, 5) is 33.9. The average Bonchev–Trinajstić information content (AvgIpc) is 3.70. The number of amides is 2. The lowest BCUT2D eigenvalue weighted by molar-refractivity contribution is -0.123. The van der Waals surface area contributed by atoms with E-state index < -0.39 is 0 Å². The number of carbonyl (C=O) groups excluding carboxylic acids is 2. The molecule has 0 unspecified atom stereocenters. The second kappa shape index (κ2) is 12.8. The number of rotatable bonds is 8. The third-order valence-corrected chi connectivity index (χ3v) is 8.30. The van der Waals surface area contributed by atoms with Crippen LogP contribution in [-0.4, -0.2) is 40.4 Å². The minimum atomic E-state index is -0.104. The Hall–Kier alpha value is -3.19. The van der Waals surface area contributed by atoms with Crippen LogP contribution >= 0.6 is 11.6 Å². The zero-order chi connectivity index (χ0) is 27.2. The van der Waals surface area contributed by atoms with Crippen LogP contribution in [0.5, 0.6) is 0 Å². The summed E-state index contributed by atoms with van der Waals surface area (Å²) in [6.07, 6.45) is 16.2. The second-order valence-electron chi connectivity index (χ2n) is 11.0. The van der Waals surface area contributed by atoms with Crippen LogP contribution in [0.3, 0.4) is 0 Å². The lowest BCUT2D eigenvalue weighted by Gasteiger charge is -2.30. The fourth-order valence-corrected chi connectivity index (χ4v) is 6.04. The summed E-state index contributed by atoms with van der Waals surface area (Å²) in [5, 5.41) is 10.2. The number of nitrogens with one attached hydrogen (secondary N) is 3. The molecule has 5 rings (SSSR count). The quantitative estimate of drug-likeness (QED) is 0.382. The minimum Gasteiger partial charge on any atom is -0.353 e. The molecule has 3 N–H and O–H groups in total. The molecule has 4 atom stereocenters. The summed E-state index contributed by atoms with van der Waals surface area (Å²) >= 11 is 6.65. The van der Waals surface area contributed by atoms with Crippen LogP contribution < -0.4 is 16.0 Å². The molecule has 3 aliphatic rings. The van der Waals surface area contributed by atoms with Crippen molar-refractivity contribution in [3.63, 3.8) is 0 Å². The van der Waals surface area contributed by atoms with Crippen molar-refractivity contribution in [2.75, 3.05) is 11.9 Å². The molecule has 0 bridgehead atoms. The van der Waals surface area contributed by atoms with Crippen molar-refractivity contribution >= 4 is 34.9 Å². The number of halogens is 1. The van der Waals surface area contributed by atoms with Gasteiger partial charge in [0, 0.05) is 30.1 Å². The van der Waals surface area contributed by atoms with Gasteiger partial charge in [0.2, 0.25) is 17.8 Å². The number of hydrogen-bond acceptors (Lipinski definition) is 5. The first kappa shape index (κ1) is 27.4. The summed E-state index contributed by atoms with van der Waals surface area (Å²) < 4.78 is 0. The maximum absolute atomic E-state index is 12.8. The highest BCUT2D eigenvalue weighted by Gasteiger charge is 2.43. The van der Waals surface area contributed by atoms with Crippen LogP contribution in [0.15, 0.2) is 48.7 Å². The van der Waals surface area contributed by atoms with Crippen molar-refractivity contribution in [3.8, 4) is 0 Å². The smallest absolute Gasteiger partial charge is 0.243 e. The Morgan fingerprint density at radius 3 is 2.82 bits per heavy atom. The highest BCUT2D eigenvalue weighted by molar-refractivity contribution is 6.32. The van der Waals surface area contributed by atoms with Gasteiger partial charge in [0.05, 0.1) is 16.9 Å². The summed E-state index contributed by atoms with van der Waals surface area (Å²) in [6, 6.07) is 8.82. The van der Waals surface area contributed by atoms with Crippen LogP contribution in [0.1, 0.15) is 75.1 Å². The zero-order valence-corrected chi connectivity index (χ0v) is 23.3. The van der Waals surface area contributed by atoms with Crippen molar-refractivity contribution in [3.05, 3.63) is 70.5 Å². The van der Waals surface area contributed by atoms with Crippen LogP contribution in [0.4, 0.5) is 5.95 Å². The van der Waals surface area contributed by atoms with E-state index in [0.29, 0.717) is 17.5 Å². The van der Waals surface area contributed by atoms with Crippen LogP contribution in [0.2, 0.25) is 5.02 Å². The van der Waals surface area contributed by atoms with Gasteiger partial charge in [-0.05, 0) is 87.8 Å². The van der Waals surface area contributed by atoms with Crippen molar-refractivity contribution < 1.29 is 9.59 Å². The number of benzene rings is 1. The predicted octanol–water partition coefficient (Wildman–Crippen LogP) is 5.46. The van der Waals surface area contributed by atoms with Crippen molar-refractivity contribution in [2.45, 2.75) is 76.8 Å². The first-order valence-corrected chi connectivity index (χ1v) is 14.7. The molecular weight excluding hydrogens is 510 g/mol. The summed E-state index contributed by atoms with van der Waals surface area (Å²) in [6.45, 7) is 2.36. The highest BCUT2D eigenvalue weighted by atomic mass is 35.5. The molecule has 1 heterocycles. The molecule has 2 aromatic rings. The molecule has 1 aromatic carbocycles. The van der Waals surface area contributed by atoms with Gasteiger partial charge in [0.1, 0.15) is 0 Å². The maximum Gasteiger partial charge on any atom is 0.243 e. The largest absolute Gasteiger partial charge is 0.353 e. The number of carbonyl (C=O) groups is 2. The Balaban J connectivity index is 1.20. The number of hydrogen-bond donors (Lipinski definition) is 3. The van der Waals surface area contributed by atoms with Gasteiger partial charge in [0.15, 0.2) is 0 Å². The fourth-order valence-electron chi connectivity index (χ4n) is 5.85. The van der Waals surface area contributed by atoms with Crippen LogP contribution in [0, 0.1) is 11.8 Å². The van der Waals surface area contributed by atoms with E-state index in [1.807, 2.05) is 6.92 Å². The van der Waals surface area contributed by atoms with Gasteiger partial charge >= 0.3 is 0 Å². The molecular formula is C31H38ClN5O2. The van der Waals surface area contributed by atoms with Crippen LogP contribution in [0.25, 0.3) is 5.57 Å². The number of nitrogens with zero attached hydrogens (tertiary/aromatic N) is 2. The molecule has 3 aliphatic carbocycles. The highest BCUT2D eigenvalue weighted by Crippen LogP contribution is 2.38. The first-order chi connectivity index (χ1) is 19.0. The van der Waals surface area contributed by atoms with Crippen molar-refractivity contribution in [1.82, 2.24) is 20.6 Å². The molecule has 0 spiro atoms. The molecule has 0 saturated heterocycles. The minimum absolute atomic E-state index is 0.00803. The van der Waals surface area contributed by atoms with E-state index in [9.17, 15) is 9.59 Å². The first-order valence-electron chi connectivity index (χ1n) is 14.3. The van der Waals surface area contributed by atoms with Gasteiger partial charge in [-0.25, -0.2) is 9.97 Å². The molecule has 7 nitrogen and oxygen atoms in total. The Kier molecular flexibility index (Phi) is 8.97. The van der Waals surface area contributed by atoms with Crippen molar-refractivity contribution in [2.24, 2.45) is 11.8 Å². The molecule has 39 heavy (non-hydrogen) atoms. The normalized spacial score (nSPS) is 25.9. The Labute approximate surface area is 235 Å². The number of aromatic nitrogens is 2. The van der Waals surface area contributed by atoms with Gasteiger partial charge in [-0.1, -0.05) is 48.0 Å². The third-order valence-electron chi connectivity index (χ3n) is 8.03. The lowest BCUT2D eigenvalue weighted by atomic mass is 9.90. The Morgan fingerprint density at radius 2 is 1.95 bits per heavy atom. The van der Waals surface area contributed by atoms with Gasteiger partial charge in [-0.15, -0.1) is 0 Å². The zero-order valence-electron chi connectivity index (χ0n) is 22.6. The fraction of sp³-hybridized carbons (Fsp3) is 0.484. The van der Waals surface area contributed by atoms with E-state index in [-0.39, 0.29) is 35.7 Å². The summed E-state index contributed by atoms with van der Waals surface area (Å²) in [5.74, 6) is 0.792. The number of anilines is 1. The Bertz CT molecular complexity index is 1260.